The summed E-state index contributed by atoms with van der Waals surface area (Å²) in [5.41, 5.74) is 8.27. The van der Waals surface area contributed by atoms with Crippen LogP contribution in [0, 0.1) is 5.92 Å². The van der Waals surface area contributed by atoms with Gasteiger partial charge in [-0.15, -0.1) is 0 Å². The Morgan fingerprint density at radius 1 is 1.59 bits per heavy atom. The van der Waals surface area contributed by atoms with Crippen LogP contribution in [0.25, 0.3) is 10.4 Å². The van der Waals surface area contributed by atoms with Crippen molar-refractivity contribution in [3.8, 4) is 0 Å². The van der Waals surface area contributed by atoms with Gasteiger partial charge in [0.15, 0.2) is 0 Å². The summed E-state index contributed by atoms with van der Waals surface area (Å²) < 4.78 is 11.1. The topological polar surface area (TPSA) is 84.3 Å². The van der Waals surface area contributed by atoms with Crippen molar-refractivity contribution in [2.45, 2.75) is 51.9 Å². The number of carbonyl (C=O) groups is 1. The van der Waals surface area contributed by atoms with Crippen molar-refractivity contribution in [2.75, 3.05) is 6.54 Å². The van der Waals surface area contributed by atoms with Crippen molar-refractivity contribution in [3.63, 3.8) is 0 Å². The highest BCUT2D eigenvalue weighted by molar-refractivity contribution is 5.66. The van der Waals surface area contributed by atoms with Gasteiger partial charge >= 0.3 is 5.97 Å². The molecule has 0 aromatic rings. The van der Waals surface area contributed by atoms with E-state index in [1.54, 1.807) is 0 Å². The normalized spacial score (nSPS) is 31.9. The molecule has 0 N–H and O–H groups in total. The van der Waals surface area contributed by atoms with E-state index in [-0.39, 0.29) is 30.2 Å². The Kier molecular flexibility index (Phi) is 5.25. The minimum absolute atomic E-state index is 0.0724. The lowest BCUT2D eigenvalue weighted by Crippen LogP contribution is -2.31. The van der Waals surface area contributed by atoms with E-state index in [0.717, 1.165) is 6.42 Å². The fourth-order valence-electron chi connectivity index (χ4n) is 2.39. The number of esters is 1. The zero-order valence-corrected chi connectivity index (χ0v) is 10.5. The molecule has 0 aromatic carbocycles. The van der Waals surface area contributed by atoms with Crippen LogP contribution in [0.3, 0.4) is 0 Å². The van der Waals surface area contributed by atoms with Crippen LogP contribution in [0.15, 0.2) is 5.11 Å². The van der Waals surface area contributed by atoms with Crippen LogP contribution in [0.4, 0.5) is 0 Å². The number of hydrogen-bond acceptors (Lipinski definition) is 4. The maximum Gasteiger partial charge on any atom is 0.303 e. The highest BCUT2D eigenvalue weighted by Gasteiger charge is 2.42. The van der Waals surface area contributed by atoms with Crippen LogP contribution in [-0.2, 0) is 14.3 Å². The first-order chi connectivity index (χ1) is 8.10. The Morgan fingerprint density at radius 2 is 2.29 bits per heavy atom. The molecule has 4 atom stereocenters. The fourth-order valence-corrected chi connectivity index (χ4v) is 2.39. The summed E-state index contributed by atoms with van der Waals surface area (Å²) in [6.45, 7) is 5.75. The molecule has 96 valence electrons. The van der Waals surface area contributed by atoms with Crippen molar-refractivity contribution in [1.82, 2.24) is 0 Å². The van der Waals surface area contributed by atoms with Gasteiger partial charge in [0.1, 0.15) is 6.10 Å². The number of azide groups is 1. The second kappa shape index (κ2) is 6.47. The van der Waals surface area contributed by atoms with Gasteiger partial charge in [0.2, 0.25) is 0 Å². The molecule has 6 nitrogen and oxygen atoms in total. The summed E-state index contributed by atoms with van der Waals surface area (Å²) in [5.74, 6) is -0.180. The summed E-state index contributed by atoms with van der Waals surface area (Å²) in [7, 11) is 0. The molecule has 1 heterocycles. The van der Waals surface area contributed by atoms with Crippen LogP contribution in [0.5, 0.6) is 0 Å². The summed E-state index contributed by atoms with van der Waals surface area (Å²) in [6.07, 6.45) is 1.29. The second-order valence-electron chi connectivity index (χ2n) is 4.27. The molecular weight excluding hydrogens is 222 g/mol. The van der Waals surface area contributed by atoms with Gasteiger partial charge < -0.3 is 9.47 Å². The quantitative estimate of drug-likeness (QED) is 0.320. The predicted octanol–water partition coefficient (Wildman–Crippen LogP) is 2.43. The van der Waals surface area contributed by atoms with E-state index >= 15 is 0 Å². The molecule has 0 radical (unpaired) electrons. The molecule has 0 spiro atoms. The number of rotatable bonds is 5. The smallest absolute Gasteiger partial charge is 0.303 e. The van der Waals surface area contributed by atoms with E-state index in [2.05, 4.69) is 10.0 Å². The molecular formula is C11H19N3O3. The SMILES string of the molecule is CC[C@H]1O[C@@H](C)[C@@H](OC(C)=O)C1CCN=[N+]=[N-]. The largest absolute Gasteiger partial charge is 0.459 e. The zero-order valence-electron chi connectivity index (χ0n) is 10.5. The van der Waals surface area contributed by atoms with Crippen molar-refractivity contribution >= 4 is 5.97 Å². The zero-order chi connectivity index (χ0) is 12.8. The summed E-state index contributed by atoms with van der Waals surface area (Å²) in [5, 5.41) is 3.53. The molecule has 1 saturated heterocycles. The molecule has 1 fully saturated rings. The van der Waals surface area contributed by atoms with Crippen LogP contribution in [0.2, 0.25) is 0 Å². The van der Waals surface area contributed by atoms with Gasteiger partial charge in [-0.1, -0.05) is 12.0 Å². The molecule has 0 amide bonds. The number of carbonyl (C=O) groups excluding carboxylic acids is 1. The minimum Gasteiger partial charge on any atom is -0.459 e. The highest BCUT2D eigenvalue weighted by Crippen LogP contribution is 2.33. The molecule has 1 rings (SSSR count). The molecule has 6 heteroatoms. The Bertz CT molecular complexity index is 315. The molecule has 0 aliphatic carbocycles. The van der Waals surface area contributed by atoms with Gasteiger partial charge in [0.25, 0.3) is 0 Å². The average molecular weight is 241 g/mol. The Hall–Kier alpha value is -1.26. The van der Waals surface area contributed by atoms with Gasteiger partial charge in [0, 0.05) is 24.3 Å². The Morgan fingerprint density at radius 3 is 2.82 bits per heavy atom. The van der Waals surface area contributed by atoms with E-state index in [1.165, 1.54) is 6.92 Å². The maximum absolute atomic E-state index is 11.1. The highest BCUT2D eigenvalue weighted by atomic mass is 16.6. The molecule has 17 heavy (non-hydrogen) atoms. The first kappa shape index (κ1) is 13.8. The lowest BCUT2D eigenvalue weighted by molar-refractivity contribution is -0.150. The molecule has 1 aliphatic rings. The van der Waals surface area contributed by atoms with Gasteiger partial charge in [0.05, 0.1) is 12.2 Å². The summed E-state index contributed by atoms with van der Waals surface area (Å²) in [4.78, 5) is 13.8. The molecule has 1 aliphatic heterocycles. The summed E-state index contributed by atoms with van der Waals surface area (Å²) >= 11 is 0. The van der Waals surface area contributed by atoms with Gasteiger partial charge in [-0.2, -0.15) is 0 Å². The van der Waals surface area contributed by atoms with Crippen molar-refractivity contribution < 1.29 is 14.3 Å². The third kappa shape index (κ3) is 3.61. The molecule has 0 aromatic heterocycles. The van der Waals surface area contributed by atoms with Crippen LogP contribution in [0.1, 0.15) is 33.6 Å². The Labute approximate surface area is 101 Å². The fraction of sp³-hybridized carbons (Fsp3) is 0.909. The van der Waals surface area contributed by atoms with Crippen molar-refractivity contribution in [2.24, 2.45) is 11.0 Å². The lowest BCUT2D eigenvalue weighted by atomic mass is 9.91. The second-order valence-corrected chi connectivity index (χ2v) is 4.27. The lowest BCUT2D eigenvalue weighted by Gasteiger charge is -2.21. The van der Waals surface area contributed by atoms with Crippen LogP contribution < -0.4 is 0 Å². The molecule has 0 bridgehead atoms. The van der Waals surface area contributed by atoms with E-state index < -0.39 is 0 Å². The van der Waals surface area contributed by atoms with Gasteiger partial charge in [-0.3, -0.25) is 4.79 Å². The Balaban J connectivity index is 2.68. The van der Waals surface area contributed by atoms with Crippen LogP contribution >= 0.6 is 0 Å². The van der Waals surface area contributed by atoms with Crippen molar-refractivity contribution in [3.05, 3.63) is 10.4 Å². The monoisotopic (exact) mass is 241 g/mol. The first-order valence-electron chi connectivity index (χ1n) is 5.93. The van der Waals surface area contributed by atoms with E-state index in [0.29, 0.717) is 13.0 Å². The first-order valence-corrected chi connectivity index (χ1v) is 5.93. The number of nitrogens with zero attached hydrogens (tertiary/aromatic N) is 3. The van der Waals surface area contributed by atoms with Crippen molar-refractivity contribution in [1.29, 1.82) is 0 Å². The molecule has 0 saturated carbocycles. The maximum atomic E-state index is 11.1. The average Bonchev–Trinajstić information content (AvgIpc) is 2.56. The number of hydrogen-bond donors (Lipinski definition) is 0. The predicted molar refractivity (Wildman–Crippen MR) is 62.3 cm³/mol. The third-order valence-corrected chi connectivity index (χ3v) is 3.08. The minimum atomic E-state index is -0.295. The third-order valence-electron chi connectivity index (χ3n) is 3.08. The van der Waals surface area contributed by atoms with Gasteiger partial charge in [-0.25, -0.2) is 0 Å². The van der Waals surface area contributed by atoms with E-state index in [1.807, 2.05) is 13.8 Å². The van der Waals surface area contributed by atoms with Crippen LogP contribution in [-0.4, -0.2) is 30.8 Å². The summed E-state index contributed by atoms with van der Waals surface area (Å²) in [6, 6.07) is 0. The number of ether oxygens (including phenoxy) is 2. The molecule has 1 unspecified atom stereocenters. The standard InChI is InChI=1S/C11H19N3O3/c1-4-10-9(5-6-13-14-12)11(7(2)16-10)17-8(3)15/h7,9-11H,4-6H2,1-3H3/t7-,9?,10+,11+/m0/s1. The van der Waals surface area contributed by atoms with E-state index in [9.17, 15) is 4.79 Å². The van der Waals surface area contributed by atoms with E-state index in [4.69, 9.17) is 15.0 Å². The van der Waals surface area contributed by atoms with Gasteiger partial charge in [-0.05, 0) is 25.3 Å².